The molecule has 2 N–H and O–H groups in total. The number of methoxy groups -OCH3 is 1. The largest absolute Gasteiger partial charge is 0.465 e. The van der Waals surface area contributed by atoms with Gasteiger partial charge in [0.05, 0.1) is 18.8 Å². The van der Waals surface area contributed by atoms with Gasteiger partial charge in [0.2, 0.25) is 0 Å². The second kappa shape index (κ2) is 7.01. The van der Waals surface area contributed by atoms with Crippen LogP contribution in [0.4, 0.5) is 0 Å². The van der Waals surface area contributed by atoms with Gasteiger partial charge in [0.15, 0.2) is 0 Å². The van der Waals surface area contributed by atoms with Gasteiger partial charge in [0, 0.05) is 26.7 Å². The van der Waals surface area contributed by atoms with Gasteiger partial charge in [0.25, 0.3) is 10.2 Å². The maximum Gasteiger partial charge on any atom is 0.324 e. The molecule has 9 heteroatoms. The Balaban J connectivity index is 2.05. The van der Waals surface area contributed by atoms with Gasteiger partial charge in [-0.05, 0) is 19.8 Å². The lowest BCUT2D eigenvalue weighted by molar-refractivity contribution is -0.146. The first-order chi connectivity index (χ1) is 9.99. The predicted octanol–water partition coefficient (Wildman–Crippen LogP) is -1.16. The van der Waals surface area contributed by atoms with Crippen molar-refractivity contribution in [2.24, 2.45) is 0 Å². The number of carbonyl (C=O) groups excluding carboxylic acids is 1. The van der Waals surface area contributed by atoms with Gasteiger partial charge in [-0.3, -0.25) is 4.79 Å². The molecule has 0 aliphatic carbocycles. The number of hydrogen-bond acceptors (Lipinski definition) is 6. The zero-order valence-corrected chi connectivity index (χ0v) is 13.2. The highest BCUT2D eigenvalue weighted by Crippen LogP contribution is 2.22. The van der Waals surface area contributed by atoms with Crippen molar-refractivity contribution in [3.8, 4) is 0 Å². The third-order valence-electron chi connectivity index (χ3n) is 3.83. The predicted molar refractivity (Wildman–Crippen MR) is 75.9 cm³/mol. The minimum atomic E-state index is -3.74. The lowest BCUT2D eigenvalue weighted by Crippen LogP contribution is -2.52. The minimum Gasteiger partial charge on any atom is -0.465 e. The summed E-state index contributed by atoms with van der Waals surface area (Å²) in [6.07, 6.45) is 0.945. The van der Waals surface area contributed by atoms with E-state index in [-0.39, 0.29) is 18.8 Å². The van der Waals surface area contributed by atoms with E-state index in [2.05, 4.69) is 10.0 Å². The summed E-state index contributed by atoms with van der Waals surface area (Å²) in [5, 5.41) is 3.08. The molecule has 0 radical (unpaired) electrons. The van der Waals surface area contributed by atoms with Gasteiger partial charge in [0.1, 0.15) is 6.04 Å². The van der Waals surface area contributed by atoms with Crippen molar-refractivity contribution < 1.29 is 22.7 Å². The van der Waals surface area contributed by atoms with Crippen LogP contribution in [0.2, 0.25) is 0 Å². The highest BCUT2D eigenvalue weighted by molar-refractivity contribution is 7.87. The fourth-order valence-corrected chi connectivity index (χ4v) is 4.43. The van der Waals surface area contributed by atoms with E-state index < -0.39 is 22.2 Å². The number of nitrogens with one attached hydrogen (secondary N) is 2. The number of ether oxygens (including phenoxy) is 2. The SMILES string of the molecule is CCOC(=O)C1CCCN1S(=O)(=O)NC1CNC[C@@H]1OC. The maximum atomic E-state index is 12.5. The highest BCUT2D eigenvalue weighted by Gasteiger charge is 2.41. The van der Waals surface area contributed by atoms with Crippen LogP contribution in [0, 0.1) is 0 Å². The Morgan fingerprint density at radius 1 is 1.43 bits per heavy atom. The molecular formula is C12H23N3O5S. The maximum absolute atomic E-state index is 12.5. The minimum absolute atomic E-state index is 0.205. The first-order valence-corrected chi connectivity index (χ1v) is 8.63. The van der Waals surface area contributed by atoms with Crippen LogP contribution in [0.3, 0.4) is 0 Å². The van der Waals surface area contributed by atoms with Gasteiger partial charge in [-0.15, -0.1) is 0 Å². The molecule has 2 saturated heterocycles. The van der Waals surface area contributed by atoms with E-state index >= 15 is 0 Å². The smallest absolute Gasteiger partial charge is 0.324 e. The molecule has 0 aromatic rings. The second-order valence-electron chi connectivity index (χ2n) is 5.18. The molecule has 0 aromatic carbocycles. The summed E-state index contributed by atoms with van der Waals surface area (Å²) in [6.45, 7) is 3.39. The highest BCUT2D eigenvalue weighted by atomic mass is 32.2. The van der Waals surface area contributed by atoms with Crippen molar-refractivity contribution in [2.45, 2.75) is 38.0 Å². The molecule has 3 atom stereocenters. The third kappa shape index (κ3) is 3.72. The molecule has 2 heterocycles. The van der Waals surface area contributed by atoms with Crippen LogP contribution in [0.15, 0.2) is 0 Å². The topological polar surface area (TPSA) is 97.0 Å². The standard InChI is InChI=1S/C12H23N3O5S/c1-3-20-12(16)10-5-4-6-15(10)21(17,18)14-9-7-13-8-11(9)19-2/h9-11,13-14H,3-8H2,1-2H3/t9?,10?,11-/m0/s1. The van der Waals surface area contributed by atoms with E-state index in [0.717, 1.165) is 0 Å². The van der Waals surface area contributed by atoms with E-state index in [1.807, 2.05) is 0 Å². The first kappa shape index (κ1) is 16.6. The van der Waals surface area contributed by atoms with Crippen LogP contribution in [0.5, 0.6) is 0 Å². The van der Waals surface area contributed by atoms with Crippen molar-refractivity contribution in [3.63, 3.8) is 0 Å². The molecule has 2 fully saturated rings. The molecule has 0 aromatic heterocycles. The molecule has 0 spiro atoms. The van der Waals surface area contributed by atoms with Crippen LogP contribution in [-0.2, 0) is 24.5 Å². The lowest BCUT2D eigenvalue weighted by atomic mass is 10.2. The number of rotatable bonds is 6. The lowest BCUT2D eigenvalue weighted by Gasteiger charge is -2.26. The van der Waals surface area contributed by atoms with Gasteiger partial charge in [-0.2, -0.15) is 17.4 Å². The van der Waals surface area contributed by atoms with Crippen LogP contribution in [-0.4, -0.2) is 70.2 Å². The average Bonchev–Trinajstić information content (AvgIpc) is 3.06. The van der Waals surface area contributed by atoms with Crippen molar-refractivity contribution in [1.82, 2.24) is 14.3 Å². The molecule has 122 valence electrons. The fraction of sp³-hybridized carbons (Fsp3) is 0.917. The van der Waals surface area contributed by atoms with Crippen LogP contribution >= 0.6 is 0 Å². The molecule has 8 nitrogen and oxygen atoms in total. The van der Waals surface area contributed by atoms with Crippen molar-refractivity contribution in [1.29, 1.82) is 0 Å². The van der Waals surface area contributed by atoms with Crippen molar-refractivity contribution in [3.05, 3.63) is 0 Å². The van der Waals surface area contributed by atoms with E-state index in [0.29, 0.717) is 32.5 Å². The Hall–Kier alpha value is -0.740. The van der Waals surface area contributed by atoms with Crippen LogP contribution in [0.1, 0.15) is 19.8 Å². The molecule has 0 bridgehead atoms. The molecule has 2 rings (SSSR count). The van der Waals surface area contributed by atoms with Crippen LogP contribution in [0.25, 0.3) is 0 Å². The van der Waals surface area contributed by atoms with Gasteiger partial charge in [-0.1, -0.05) is 0 Å². The Bertz CT molecular complexity index is 470. The first-order valence-electron chi connectivity index (χ1n) is 7.18. The summed E-state index contributed by atoms with van der Waals surface area (Å²) < 4.78 is 39.0. The molecular weight excluding hydrogens is 298 g/mol. The Kier molecular flexibility index (Phi) is 5.55. The second-order valence-corrected chi connectivity index (χ2v) is 6.84. The molecule has 2 unspecified atom stereocenters. The Morgan fingerprint density at radius 2 is 2.19 bits per heavy atom. The zero-order valence-electron chi connectivity index (χ0n) is 12.4. The van der Waals surface area contributed by atoms with E-state index in [1.165, 1.54) is 4.31 Å². The van der Waals surface area contributed by atoms with Crippen molar-refractivity contribution >= 4 is 16.2 Å². The molecule has 2 aliphatic heterocycles. The average molecular weight is 321 g/mol. The monoisotopic (exact) mass is 321 g/mol. The summed E-state index contributed by atoms with van der Waals surface area (Å²) in [7, 11) is -2.18. The molecule has 21 heavy (non-hydrogen) atoms. The summed E-state index contributed by atoms with van der Waals surface area (Å²) in [5.41, 5.74) is 0. The summed E-state index contributed by atoms with van der Waals surface area (Å²) in [6, 6.07) is -1.05. The quantitative estimate of drug-likeness (QED) is 0.599. The van der Waals surface area contributed by atoms with Crippen LogP contribution < -0.4 is 10.0 Å². The van der Waals surface area contributed by atoms with E-state index in [4.69, 9.17) is 9.47 Å². The Morgan fingerprint density at radius 3 is 2.86 bits per heavy atom. The van der Waals surface area contributed by atoms with E-state index in [1.54, 1.807) is 14.0 Å². The molecule has 0 amide bonds. The Labute approximate surface area is 125 Å². The molecule has 0 saturated carbocycles. The number of esters is 1. The summed E-state index contributed by atoms with van der Waals surface area (Å²) in [5.74, 6) is -0.479. The number of carbonyl (C=O) groups is 1. The zero-order chi connectivity index (χ0) is 15.5. The normalized spacial score (nSPS) is 30.7. The fourth-order valence-electron chi connectivity index (χ4n) is 2.78. The third-order valence-corrected chi connectivity index (χ3v) is 5.49. The van der Waals surface area contributed by atoms with Gasteiger partial charge >= 0.3 is 5.97 Å². The van der Waals surface area contributed by atoms with E-state index in [9.17, 15) is 13.2 Å². The number of nitrogens with zero attached hydrogens (tertiary/aromatic N) is 1. The van der Waals surface area contributed by atoms with Crippen molar-refractivity contribution in [2.75, 3.05) is 33.4 Å². The summed E-state index contributed by atoms with van der Waals surface area (Å²) >= 11 is 0. The molecule has 2 aliphatic rings. The van der Waals surface area contributed by atoms with Gasteiger partial charge < -0.3 is 14.8 Å². The number of hydrogen-bond donors (Lipinski definition) is 2. The summed E-state index contributed by atoms with van der Waals surface area (Å²) in [4.78, 5) is 11.9. The van der Waals surface area contributed by atoms with Gasteiger partial charge in [-0.25, -0.2) is 0 Å².